The van der Waals surface area contributed by atoms with Gasteiger partial charge in [0.05, 0.1) is 4.47 Å². The minimum atomic E-state index is -0.358. The molecule has 0 aliphatic rings. The van der Waals surface area contributed by atoms with Crippen molar-refractivity contribution in [3.05, 3.63) is 62.8 Å². The number of rotatable bonds is 4. The predicted octanol–water partition coefficient (Wildman–Crippen LogP) is 3.92. The van der Waals surface area contributed by atoms with Gasteiger partial charge in [0, 0.05) is 16.1 Å². The molecule has 21 heavy (non-hydrogen) atoms. The van der Waals surface area contributed by atoms with Gasteiger partial charge in [-0.05, 0) is 40.2 Å². The number of hydrogen-bond acceptors (Lipinski definition) is 3. The van der Waals surface area contributed by atoms with Crippen LogP contribution in [0.15, 0.2) is 46.0 Å². The molecule has 0 unspecified atom stereocenters. The van der Waals surface area contributed by atoms with Crippen molar-refractivity contribution < 1.29 is 14.3 Å². The van der Waals surface area contributed by atoms with Crippen LogP contribution < -0.4 is 10.5 Å². The topological polar surface area (TPSA) is 67.8 Å². The molecule has 0 bridgehead atoms. The van der Waals surface area contributed by atoms with Crippen molar-refractivity contribution in [1.82, 2.24) is 0 Å². The monoisotopic (exact) mass is 372 g/mol. The van der Waals surface area contributed by atoms with Gasteiger partial charge < -0.3 is 15.7 Å². The molecule has 0 radical (unpaired) electrons. The van der Waals surface area contributed by atoms with Gasteiger partial charge in [0.2, 0.25) is 0 Å². The second-order valence-electron chi connectivity index (χ2n) is 4.16. The number of halogens is 3. The molecule has 0 spiro atoms. The molecule has 4 nitrogen and oxygen atoms in total. The van der Waals surface area contributed by atoms with Crippen LogP contribution in [0.5, 0.6) is 5.75 Å². The van der Waals surface area contributed by atoms with E-state index in [2.05, 4.69) is 21.1 Å². The molecule has 0 aliphatic carbocycles. The molecule has 110 valence electrons. The number of oxime groups is 1. The average Bonchev–Trinajstić information content (AvgIpc) is 2.48. The van der Waals surface area contributed by atoms with Crippen molar-refractivity contribution in [2.75, 3.05) is 0 Å². The third kappa shape index (κ3) is 3.86. The smallest absolute Gasteiger partial charge is 0.170 e. The van der Waals surface area contributed by atoms with E-state index < -0.39 is 0 Å². The second-order valence-corrected chi connectivity index (χ2v) is 5.42. The van der Waals surface area contributed by atoms with Gasteiger partial charge in [-0.15, -0.1) is 0 Å². The van der Waals surface area contributed by atoms with Crippen LogP contribution in [0, 0.1) is 5.82 Å². The van der Waals surface area contributed by atoms with Crippen molar-refractivity contribution in [3.63, 3.8) is 0 Å². The van der Waals surface area contributed by atoms with Crippen LogP contribution in [0.1, 0.15) is 11.1 Å². The zero-order valence-electron chi connectivity index (χ0n) is 10.7. The quantitative estimate of drug-likeness (QED) is 0.369. The molecule has 0 aromatic heterocycles. The summed E-state index contributed by atoms with van der Waals surface area (Å²) in [5.74, 6) is 0.134. The molecular weight excluding hydrogens is 363 g/mol. The molecule has 0 fully saturated rings. The lowest BCUT2D eigenvalue weighted by atomic mass is 10.1. The van der Waals surface area contributed by atoms with Gasteiger partial charge in [-0.2, -0.15) is 0 Å². The summed E-state index contributed by atoms with van der Waals surface area (Å²) in [6, 6.07) is 9.33. The second kappa shape index (κ2) is 6.78. The van der Waals surface area contributed by atoms with Gasteiger partial charge in [0.25, 0.3) is 0 Å². The van der Waals surface area contributed by atoms with Crippen LogP contribution >= 0.6 is 27.5 Å². The van der Waals surface area contributed by atoms with Crippen LogP contribution in [0.4, 0.5) is 4.39 Å². The molecule has 2 rings (SSSR count). The van der Waals surface area contributed by atoms with Crippen molar-refractivity contribution in [1.29, 1.82) is 0 Å². The number of amidine groups is 1. The van der Waals surface area contributed by atoms with E-state index in [0.717, 1.165) is 5.56 Å². The zero-order valence-corrected chi connectivity index (χ0v) is 13.0. The summed E-state index contributed by atoms with van der Waals surface area (Å²) in [5.41, 5.74) is 6.72. The Morgan fingerprint density at radius 3 is 2.71 bits per heavy atom. The highest BCUT2D eigenvalue weighted by atomic mass is 79.9. The molecule has 3 N–H and O–H groups in total. The van der Waals surface area contributed by atoms with Gasteiger partial charge in [0.15, 0.2) is 5.84 Å². The summed E-state index contributed by atoms with van der Waals surface area (Å²) < 4.78 is 19.0. The SMILES string of the molecule is N/C(=N/O)c1ccc(COc2ccc(F)c(Br)c2)c(Cl)c1. The fourth-order valence-corrected chi connectivity index (χ4v) is 2.20. The molecule has 0 heterocycles. The summed E-state index contributed by atoms with van der Waals surface area (Å²) in [7, 11) is 0. The molecule has 0 aliphatic heterocycles. The third-order valence-corrected chi connectivity index (χ3v) is 3.70. The van der Waals surface area contributed by atoms with Crippen molar-refractivity contribution in [2.24, 2.45) is 10.9 Å². The Balaban J connectivity index is 2.11. The average molecular weight is 374 g/mol. The maximum atomic E-state index is 13.1. The molecule has 0 atom stereocenters. The highest BCUT2D eigenvalue weighted by Crippen LogP contribution is 2.24. The molecule has 0 saturated heterocycles. The Bertz CT molecular complexity index is 695. The highest BCUT2D eigenvalue weighted by molar-refractivity contribution is 9.10. The van der Waals surface area contributed by atoms with E-state index in [-0.39, 0.29) is 18.3 Å². The lowest BCUT2D eigenvalue weighted by molar-refractivity contribution is 0.305. The highest BCUT2D eigenvalue weighted by Gasteiger charge is 2.07. The van der Waals surface area contributed by atoms with E-state index in [0.29, 0.717) is 20.8 Å². The van der Waals surface area contributed by atoms with Crippen molar-refractivity contribution >= 4 is 33.4 Å². The maximum Gasteiger partial charge on any atom is 0.170 e. The Morgan fingerprint density at radius 2 is 2.10 bits per heavy atom. The molecule has 0 saturated carbocycles. The van der Waals surface area contributed by atoms with Gasteiger partial charge in [-0.1, -0.05) is 28.9 Å². The first-order valence-corrected chi connectivity index (χ1v) is 7.02. The van der Waals surface area contributed by atoms with E-state index in [4.69, 9.17) is 27.3 Å². The number of nitrogens with two attached hydrogens (primary N) is 1. The standard InChI is InChI=1S/C14H11BrClFN2O2/c15-11-6-10(3-4-13(11)17)21-7-9-2-1-8(5-12(9)16)14(18)19-20/h1-6,20H,7H2,(H2,18,19). The van der Waals surface area contributed by atoms with Crippen LogP contribution in [0.2, 0.25) is 5.02 Å². The molecule has 0 amide bonds. The van der Waals surface area contributed by atoms with Crippen molar-refractivity contribution in [2.45, 2.75) is 6.61 Å². The van der Waals surface area contributed by atoms with Gasteiger partial charge in [-0.25, -0.2) is 4.39 Å². The summed E-state index contributed by atoms with van der Waals surface area (Å²) in [6.45, 7) is 0.216. The summed E-state index contributed by atoms with van der Waals surface area (Å²) in [4.78, 5) is 0. The van der Waals surface area contributed by atoms with E-state index in [9.17, 15) is 4.39 Å². The van der Waals surface area contributed by atoms with E-state index in [1.807, 2.05) is 0 Å². The Kier molecular flexibility index (Phi) is 5.03. The van der Waals surface area contributed by atoms with Crippen LogP contribution in [-0.2, 0) is 6.61 Å². The summed E-state index contributed by atoms with van der Waals surface area (Å²) in [6.07, 6.45) is 0. The Hall–Kier alpha value is -1.79. The fourth-order valence-electron chi connectivity index (χ4n) is 1.61. The Morgan fingerprint density at radius 1 is 1.33 bits per heavy atom. The number of benzene rings is 2. The molecule has 2 aromatic rings. The van der Waals surface area contributed by atoms with Gasteiger partial charge in [0.1, 0.15) is 18.2 Å². The molecule has 7 heteroatoms. The largest absolute Gasteiger partial charge is 0.489 e. The Labute approximate surface area is 134 Å². The lowest BCUT2D eigenvalue weighted by Crippen LogP contribution is -2.13. The minimum absolute atomic E-state index is 0.0215. The normalized spacial score (nSPS) is 11.5. The number of nitrogens with zero attached hydrogens (tertiary/aromatic N) is 1. The molecular formula is C14H11BrClFN2O2. The first kappa shape index (κ1) is 15.6. The van der Waals surface area contributed by atoms with Gasteiger partial charge in [-0.3, -0.25) is 0 Å². The van der Waals surface area contributed by atoms with E-state index in [1.54, 1.807) is 18.2 Å². The third-order valence-electron chi connectivity index (χ3n) is 2.74. The first-order valence-electron chi connectivity index (χ1n) is 5.85. The van der Waals surface area contributed by atoms with E-state index in [1.165, 1.54) is 18.2 Å². The first-order chi connectivity index (χ1) is 10.0. The minimum Gasteiger partial charge on any atom is -0.489 e. The predicted molar refractivity (Wildman–Crippen MR) is 82.4 cm³/mol. The van der Waals surface area contributed by atoms with Crippen molar-refractivity contribution in [3.8, 4) is 5.75 Å². The molecule has 2 aromatic carbocycles. The maximum absolute atomic E-state index is 13.1. The summed E-state index contributed by atoms with van der Waals surface area (Å²) >= 11 is 9.20. The number of ether oxygens (including phenoxy) is 1. The van der Waals surface area contributed by atoms with Gasteiger partial charge >= 0.3 is 0 Å². The fraction of sp³-hybridized carbons (Fsp3) is 0.0714. The van der Waals surface area contributed by atoms with Crippen LogP contribution in [0.3, 0.4) is 0 Å². The van der Waals surface area contributed by atoms with E-state index >= 15 is 0 Å². The van der Waals surface area contributed by atoms with Crippen LogP contribution in [0.25, 0.3) is 0 Å². The summed E-state index contributed by atoms with van der Waals surface area (Å²) in [5, 5.41) is 11.9. The lowest BCUT2D eigenvalue weighted by Gasteiger charge is -2.09. The zero-order chi connectivity index (χ0) is 15.4. The number of hydrogen-bond donors (Lipinski definition) is 2. The van der Waals surface area contributed by atoms with Crippen LogP contribution in [-0.4, -0.2) is 11.0 Å².